The van der Waals surface area contributed by atoms with Crippen LogP contribution < -0.4 is 9.47 Å². The molecule has 0 fully saturated rings. The van der Waals surface area contributed by atoms with Crippen molar-refractivity contribution in [3.05, 3.63) is 23.8 Å². The van der Waals surface area contributed by atoms with Gasteiger partial charge in [-0.2, -0.15) is 0 Å². The van der Waals surface area contributed by atoms with Crippen LogP contribution in [0.2, 0.25) is 0 Å². The zero-order valence-corrected chi connectivity index (χ0v) is 8.90. The SMILES string of the molecule is C[C@H](O)CCc1cccc2c1OCCO2. The van der Waals surface area contributed by atoms with Crippen LogP contribution in [-0.2, 0) is 6.42 Å². The van der Waals surface area contributed by atoms with E-state index in [4.69, 9.17) is 9.47 Å². The molecule has 0 amide bonds. The number of para-hydroxylation sites is 1. The molecular weight excluding hydrogens is 192 g/mol. The first-order valence-electron chi connectivity index (χ1n) is 5.33. The van der Waals surface area contributed by atoms with Crippen LogP contribution in [0, 0.1) is 0 Å². The minimum Gasteiger partial charge on any atom is -0.486 e. The quantitative estimate of drug-likeness (QED) is 0.822. The first kappa shape index (κ1) is 10.3. The Bertz CT molecular complexity index is 334. The van der Waals surface area contributed by atoms with Gasteiger partial charge in [0.15, 0.2) is 11.5 Å². The smallest absolute Gasteiger partial charge is 0.164 e. The van der Waals surface area contributed by atoms with Crippen LogP contribution in [0.5, 0.6) is 11.5 Å². The van der Waals surface area contributed by atoms with E-state index in [1.807, 2.05) is 18.2 Å². The van der Waals surface area contributed by atoms with E-state index in [0.29, 0.717) is 13.2 Å². The lowest BCUT2D eigenvalue weighted by atomic mass is 10.1. The molecule has 3 heteroatoms. The molecule has 1 N–H and O–H groups in total. The standard InChI is InChI=1S/C12H16O3/c1-9(13)5-6-10-3-2-4-11-12(10)15-8-7-14-11/h2-4,9,13H,5-8H2,1H3/t9-/m0/s1. The normalized spacial score (nSPS) is 16.1. The van der Waals surface area contributed by atoms with Crippen molar-refractivity contribution in [2.24, 2.45) is 0 Å². The van der Waals surface area contributed by atoms with Crippen molar-refractivity contribution >= 4 is 0 Å². The van der Waals surface area contributed by atoms with Gasteiger partial charge in [0.25, 0.3) is 0 Å². The minimum atomic E-state index is -0.273. The molecule has 0 aromatic heterocycles. The lowest BCUT2D eigenvalue weighted by molar-refractivity contribution is 0.166. The van der Waals surface area contributed by atoms with E-state index in [1.165, 1.54) is 0 Å². The molecule has 0 aliphatic carbocycles. The van der Waals surface area contributed by atoms with Crippen LogP contribution in [0.15, 0.2) is 18.2 Å². The van der Waals surface area contributed by atoms with Gasteiger partial charge in [0.05, 0.1) is 6.10 Å². The molecule has 1 aromatic rings. The van der Waals surface area contributed by atoms with Crippen LogP contribution in [-0.4, -0.2) is 24.4 Å². The van der Waals surface area contributed by atoms with Crippen LogP contribution in [0.1, 0.15) is 18.9 Å². The Kier molecular flexibility index (Phi) is 3.11. The molecule has 3 nitrogen and oxygen atoms in total. The van der Waals surface area contributed by atoms with Gasteiger partial charge in [0.2, 0.25) is 0 Å². The van der Waals surface area contributed by atoms with Gasteiger partial charge in [-0.1, -0.05) is 12.1 Å². The topological polar surface area (TPSA) is 38.7 Å². The van der Waals surface area contributed by atoms with Crippen LogP contribution >= 0.6 is 0 Å². The van der Waals surface area contributed by atoms with Gasteiger partial charge in [0, 0.05) is 0 Å². The van der Waals surface area contributed by atoms with E-state index in [-0.39, 0.29) is 6.10 Å². The number of aliphatic hydroxyl groups excluding tert-OH is 1. The fourth-order valence-electron chi connectivity index (χ4n) is 1.70. The van der Waals surface area contributed by atoms with E-state index < -0.39 is 0 Å². The van der Waals surface area contributed by atoms with Crippen molar-refractivity contribution in [3.8, 4) is 11.5 Å². The maximum Gasteiger partial charge on any atom is 0.164 e. The third-order valence-electron chi connectivity index (χ3n) is 2.48. The van der Waals surface area contributed by atoms with E-state index in [0.717, 1.165) is 29.9 Å². The van der Waals surface area contributed by atoms with Crippen molar-refractivity contribution in [2.75, 3.05) is 13.2 Å². The Balaban J connectivity index is 2.16. The first-order chi connectivity index (χ1) is 7.27. The van der Waals surface area contributed by atoms with Gasteiger partial charge >= 0.3 is 0 Å². The monoisotopic (exact) mass is 208 g/mol. The van der Waals surface area contributed by atoms with Gasteiger partial charge in [-0.15, -0.1) is 0 Å². The molecule has 0 saturated heterocycles. The summed E-state index contributed by atoms with van der Waals surface area (Å²) in [5.74, 6) is 1.67. The van der Waals surface area contributed by atoms with Gasteiger partial charge in [-0.05, 0) is 31.4 Å². The zero-order chi connectivity index (χ0) is 10.7. The third-order valence-corrected chi connectivity index (χ3v) is 2.48. The fourth-order valence-corrected chi connectivity index (χ4v) is 1.70. The average Bonchev–Trinajstić information content (AvgIpc) is 2.26. The van der Waals surface area contributed by atoms with Crippen LogP contribution in [0.25, 0.3) is 0 Å². The maximum absolute atomic E-state index is 9.25. The number of fused-ring (bicyclic) bond motifs is 1. The molecule has 82 valence electrons. The summed E-state index contributed by atoms with van der Waals surface area (Å²) in [5.41, 5.74) is 1.12. The summed E-state index contributed by atoms with van der Waals surface area (Å²) in [6.45, 7) is 3.03. The number of ether oxygens (including phenoxy) is 2. The number of benzene rings is 1. The number of aryl methyl sites for hydroxylation is 1. The van der Waals surface area contributed by atoms with Crippen molar-refractivity contribution in [2.45, 2.75) is 25.9 Å². The Labute approximate surface area is 89.6 Å². The largest absolute Gasteiger partial charge is 0.486 e. The van der Waals surface area contributed by atoms with Gasteiger partial charge < -0.3 is 14.6 Å². The Morgan fingerprint density at radius 3 is 2.93 bits per heavy atom. The van der Waals surface area contributed by atoms with Gasteiger partial charge in [-0.25, -0.2) is 0 Å². The Morgan fingerprint density at radius 1 is 1.33 bits per heavy atom. The lowest BCUT2D eigenvalue weighted by Crippen LogP contribution is -2.16. The second-order valence-electron chi connectivity index (χ2n) is 3.83. The summed E-state index contributed by atoms with van der Waals surface area (Å²) in [7, 11) is 0. The van der Waals surface area contributed by atoms with Crippen molar-refractivity contribution in [3.63, 3.8) is 0 Å². The fraction of sp³-hybridized carbons (Fsp3) is 0.500. The highest BCUT2D eigenvalue weighted by Crippen LogP contribution is 2.34. The second-order valence-corrected chi connectivity index (χ2v) is 3.83. The first-order valence-corrected chi connectivity index (χ1v) is 5.33. The number of hydrogen-bond acceptors (Lipinski definition) is 3. The summed E-state index contributed by atoms with van der Waals surface area (Å²) >= 11 is 0. The highest BCUT2D eigenvalue weighted by Gasteiger charge is 2.15. The number of aliphatic hydroxyl groups is 1. The molecule has 0 saturated carbocycles. The average molecular weight is 208 g/mol. The van der Waals surface area contributed by atoms with Crippen molar-refractivity contribution < 1.29 is 14.6 Å². The molecule has 2 rings (SSSR count). The predicted molar refractivity (Wildman–Crippen MR) is 57.4 cm³/mol. The summed E-state index contributed by atoms with van der Waals surface area (Å²) < 4.78 is 11.1. The minimum absolute atomic E-state index is 0.273. The molecule has 15 heavy (non-hydrogen) atoms. The van der Waals surface area contributed by atoms with Crippen molar-refractivity contribution in [1.29, 1.82) is 0 Å². The molecule has 1 aromatic carbocycles. The second kappa shape index (κ2) is 4.53. The van der Waals surface area contributed by atoms with Gasteiger partial charge in [0.1, 0.15) is 13.2 Å². The van der Waals surface area contributed by atoms with Gasteiger partial charge in [-0.3, -0.25) is 0 Å². The van der Waals surface area contributed by atoms with E-state index >= 15 is 0 Å². The summed E-state index contributed by atoms with van der Waals surface area (Å²) in [5, 5.41) is 9.25. The van der Waals surface area contributed by atoms with E-state index in [1.54, 1.807) is 6.92 Å². The predicted octanol–water partition coefficient (Wildman–Crippen LogP) is 1.77. The molecule has 1 atom stereocenters. The molecule has 0 bridgehead atoms. The van der Waals surface area contributed by atoms with E-state index in [9.17, 15) is 5.11 Å². The maximum atomic E-state index is 9.25. The number of rotatable bonds is 3. The molecule has 1 heterocycles. The lowest BCUT2D eigenvalue weighted by Gasteiger charge is -2.21. The molecule has 1 aliphatic heterocycles. The zero-order valence-electron chi connectivity index (χ0n) is 8.90. The Morgan fingerprint density at radius 2 is 2.13 bits per heavy atom. The molecule has 0 unspecified atom stereocenters. The van der Waals surface area contributed by atoms with Crippen LogP contribution in [0.3, 0.4) is 0 Å². The third kappa shape index (κ3) is 2.42. The highest BCUT2D eigenvalue weighted by molar-refractivity contribution is 5.47. The molecular formula is C12H16O3. The molecule has 1 aliphatic rings. The Hall–Kier alpha value is -1.22. The molecule has 0 radical (unpaired) electrons. The highest BCUT2D eigenvalue weighted by atomic mass is 16.6. The van der Waals surface area contributed by atoms with Crippen LogP contribution in [0.4, 0.5) is 0 Å². The summed E-state index contributed by atoms with van der Waals surface area (Å²) in [6, 6.07) is 5.90. The van der Waals surface area contributed by atoms with Crippen molar-refractivity contribution in [1.82, 2.24) is 0 Å². The van der Waals surface area contributed by atoms with E-state index in [2.05, 4.69) is 0 Å². The molecule has 0 spiro atoms. The number of hydrogen-bond donors (Lipinski definition) is 1. The summed E-state index contributed by atoms with van der Waals surface area (Å²) in [6.07, 6.45) is 1.30. The summed E-state index contributed by atoms with van der Waals surface area (Å²) in [4.78, 5) is 0.